The van der Waals surface area contributed by atoms with Crippen LogP contribution in [0.15, 0.2) is 16.8 Å². The van der Waals surface area contributed by atoms with Gasteiger partial charge < -0.3 is 14.1 Å². The molecule has 2 aliphatic rings. The molecule has 138 valence electrons. The number of hydrogen-bond donors (Lipinski definition) is 0. The van der Waals surface area contributed by atoms with Crippen molar-refractivity contribution in [2.75, 3.05) is 19.7 Å². The molecule has 8 heteroatoms. The van der Waals surface area contributed by atoms with Gasteiger partial charge in [-0.15, -0.1) is 10.2 Å². The number of hydrogen-bond acceptors (Lipinski definition) is 7. The van der Waals surface area contributed by atoms with Gasteiger partial charge in [0.2, 0.25) is 11.8 Å². The number of carbonyl (C=O) groups is 1. The summed E-state index contributed by atoms with van der Waals surface area (Å²) in [7, 11) is 0. The molecule has 2 unspecified atom stereocenters. The van der Waals surface area contributed by atoms with E-state index in [1.807, 2.05) is 11.8 Å². The Hall–Kier alpha value is -2.35. The second-order valence-corrected chi connectivity index (χ2v) is 7.01. The third-order valence-corrected chi connectivity index (χ3v) is 5.01. The summed E-state index contributed by atoms with van der Waals surface area (Å²) in [5.41, 5.74) is 1.40. The summed E-state index contributed by atoms with van der Waals surface area (Å²) in [6.45, 7) is 3.98. The maximum atomic E-state index is 12.5. The zero-order valence-electron chi connectivity index (χ0n) is 14.9. The van der Waals surface area contributed by atoms with Crippen molar-refractivity contribution in [2.24, 2.45) is 0 Å². The van der Waals surface area contributed by atoms with Gasteiger partial charge in [-0.3, -0.25) is 9.78 Å². The maximum Gasteiger partial charge on any atom is 0.267 e. The zero-order chi connectivity index (χ0) is 17.9. The molecule has 8 nitrogen and oxygen atoms in total. The van der Waals surface area contributed by atoms with Crippen LogP contribution in [-0.2, 0) is 9.53 Å². The summed E-state index contributed by atoms with van der Waals surface area (Å²) in [4.78, 5) is 22.9. The van der Waals surface area contributed by atoms with Crippen LogP contribution in [0.1, 0.15) is 49.6 Å². The summed E-state index contributed by atoms with van der Waals surface area (Å²) in [6.07, 6.45) is 7.90. The lowest BCUT2D eigenvalue weighted by Crippen LogP contribution is -2.33. The highest BCUT2D eigenvalue weighted by Crippen LogP contribution is 2.29. The molecule has 2 aromatic rings. The van der Waals surface area contributed by atoms with E-state index < -0.39 is 0 Å². The third kappa shape index (κ3) is 3.75. The van der Waals surface area contributed by atoms with Gasteiger partial charge in [0.15, 0.2) is 0 Å². The predicted molar refractivity (Wildman–Crippen MR) is 92.2 cm³/mol. The molecule has 0 N–H and O–H groups in total. The highest BCUT2D eigenvalue weighted by Gasteiger charge is 2.32. The van der Waals surface area contributed by atoms with E-state index in [4.69, 9.17) is 9.15 Å². The van der Waals surface area contributed by atoms with Crippen molar-refractivity contribution in [1.29, 1.82) is 0 Å². The molecule has 26 heavy (non-hydrogen) atoms. The molecular formula is C18H23N5O3. The molecule has 0 spiro atoms. The molecule has 0 aliphatic carbocycles. The van der Waals surface area contributed by atoms with E-state index in [9.17, 15) is 4.79 Å². The van der Waals surface area contributed by atoms with E-state index in [0.717, 1.165) is 44.5 Å². The van der Waals surface area contributed by atoms with Crippen LogP contribution >= 0.6 is 0 Å². The van der Waals surface area contributed by atoms with Crippen LogP contribution < -0.4 is 0 Å². The van der Waals surface area contributed by atoms with Gasteiger partial charge in [0, 0.05) is 25.9 Å². The standard InChI is InChI=1S/C18H23N5O3/c1-12-9-20-15(10-19-12)18-22-21-17(26-18)13-5-6-23(11-13)16(24)8-14-4-2-3-7-25-14/h9-10,13-14H,2-8,11H2,1H3. The van der Waals surface area contributed by atoms with Crippen molar-refractivity contribution in [3.05, 3.63) is 24.0 Å². The van der Waals surface area contributed by atoms with Gasteiger partial charge in [-0.1, -0.05) is 0 Å². The molecule has 4 rings (SSSR count). The third-order valence-electron chi connectivity index (χ3n) is 5.01. The Morgan fingerprint density at radius 2 is 2.15 bits per heavy atom. The molecule has 0 bridgehead atoms. The molecule has 0 radical (unpaired) electrons. The Balaban J connectivity index is 1.36. The number of aromatic nitrogens is 4. The number of likely N-dealkylation sites (tertiary alicyclic amines) is 1. The van der Waals surface area contributed by atoms with E-state index in [0.29, 0.717) is 30.4 Å². The largest absolute Gasteiger partial charge is 0.419 e. The van der Waals surface area contributed by atoms with Gasteiger partial charge in [0.05, 0.1) is 30.3 Å². The van der Waals surface area contributed by atoms with Gasteiger partial charge in [-0.25, -0.2) is 4.98 Å². The average Bonchev–Trinajstić information content (AvgIpc) is 3.33. The van der Waals surface area contributed by atoms with Crippen LogP contribution in [0.2, 0.25) is 0 Å². The molecule has 2 aliphatic heterocycles. The normalized spacial score (nSPS) is 23.3. The minimum absolute atomic E-state index is 0.0745. The molecular weight excluding hydrogens is 334 g/mol. The Morgan fingerprint density at radius 1 is 1.23 bits per heavy atom. The fraction of sp³-hybridized carbons (Fsp3) is 0.611. The lowest BCUT2D eigenvalue weighted by molar-refractivity contribution is -0.134. The second kappa shape index (κ2) is 7.49. The number of carbonyl (C=O) groups excluding carboxylic acids is 1. The lowest BCUT2D eigenvalue weighted by Gasteiger charge is -2.24. The van der Waals surface area contributed by atoms with Crippen molar-refractivity contribution >= 4 is 5.91 Å². The van der Waals surface area contributed by atoms with Crippen molar-refractivity contribution in [3.8, 4) is 11.6 Å². The van der Waals surface area contributed by atoms with Crippen LogP contribution in [0, 0.1) is 6.92 Å². The van der Waals surface area contributed by atoms with Crippen LogP contribution in [0.3, 0.4) is 0 Å². The van der Waals surface area contributed by atoms with Gasteiger partial charge >= 0.3 is 0 Å². The van der Waals surface area contributed by atoms with Gasteiger partial charge in [-0.05, 0) is 32.6 Å². The Bertz CT molecular complexity index is 754. The predicted octanol–water partition coefficient (Wildman–Crippen LogP) is 2.11. The quantitative estimate of drug-likeness (QED) is 0.827. The molecule has 0 aromatic carbocycles. The minimum Gasteiger partial charge on any atom is -0.419 e. The smallest absolute Gasteiger partial charge is 0.267 e. The second-order valence-electron chi connectivity index (χ2n) is 7.01. The molecule has 0 saturated carbocycles. The first kappa shape index (κ1) is 17.1. The van der Waals surface area contributed by atoms with Gasteiger partial charge in [0.25, 0.3) is 5.89 Å². The summed E-state index contributed by atoms with van der Waals surface area (Å²) in [5, 5.41) is 8.24. The van der Waals surface area contributed by atoms with Gasteiger partial charge in [-0.2, -0.15) is 0 Å². The minimum atomic E-state index is 0.0745. The van der Waals surface area contributed by atoms with Crippen LogP contribution in [0.5, 0.6) is 0 Å². The lowest BCUT2D eigenvalue weighted by atomic mass is 10.1. The first-order valence-corrected chi connectivity index (χ1v) is 9.21. The first-order chi connectivity index (χ1) is 12.7. The average molecular weight is 357 g/mol. The van der Waals surface area contributed by atoms with E-state index in [1.54, 1.807) is 12.4 Å². The molecule has 4 heterocycles. The Morgan fingerprint density at radius 3 is 2.92 bits per heavy atom. The topological polar surface area (TPSA) is 94.2 Å². The Kier molecular flexibility index (Phi) is 4.92. The van der Waals surface area contributed by atoms with Gasteiger partial charge in [0.1, 0.15) is 5.69 Å². The zero-order valence-corrected chi connectivity index (χ0v) is 14.9. The highest BCUT2D eigenvalue weighted by atomic mass is 16.5. The summed E-state index contributed by atoms with van der Waals surface area (Å²) < 4.78 is 11.5. The fourth-order valence-corrected chi connectivity index (χ4v) is 3.49. The van der Waals surface area contributed by atoms with E-state index in [-0.39, 0.29) is 17.9 Å². The summed E-state index contributed by atoms with van der Waals surface area (Å²) in [5.74, 6) is 1.16. The number of nitrogens with zero attached hydrogens (tertiary/aromatic N) is 5. The van der Waals surface area contributed by atoms with Crippen molar-refractivity contribution < 1.29 is 13.9 Å². The van der Waals surface area contributed by atoms with Crippen LogP contribution in [0.4, 0.5) is 0 Å². The number of aryl methyl sites for hydroxylation is 1. The van der Waals surface area contributed by atoms with Crippen LogP contribution in [-0.4, -0.2) is 56.8 Å². The molecule has 2 fully saturated rings. The number of ether oxygens (including phenoxy) is 1. The monoisotopic (exact) mass is 357 g/mol. The Labute approximate surface area is 152 Å². The van der Waals surface area contributed by atoms with Crippen molar-refractivity contribution in [3.63, 3.8) is 0 Å². The number of rotatable bonds is 4. The summed E-state index contributed by atoms with van der Waals surface area (Å²) in [6, 6.07) is 0. The maximum absolute atomic E-state index is 12.5. The van der Waals surface area contributed by atoms with E-state index in [1.165, 1.54) is 0 Å². The SMILES string of the molecule is Cc1cnc(-c2nnc(C3CCN(C(=O)CC4CCCCO4)C3)o2)cn1. The van der Waals surface area contributed by atoms with Crippen LogP contribution in [0.25, 0.3) is 11.6 Å². The highest BCUT2D eigenvalue weighted by molar-refractivity contribution is 5.77. The molecule has 1 amide bonds. The summed E-state index contributed by atoms with van der Waals surface area (Å²) >= 11 is 0. The van der Waals surface area contributed by atoms with Crippen molar-refractivity contribution in [2.45, 2.75) is 51.0 Å². The molecule has 2 aromatic heterocycles. The van der Waals surface area contributed by atoms with Crippen molar-refractivity contribution in [1.82, 2.24) is 25.1 Å². The van der Waals surface area contributed by atoms with E-state index in [2.05, 4.69) is 20.2 Å². The first-order valence-electron chi connectivity index (χ1n) is 9.21. The van der Waals surface area contributed by atoms with E-state index >= 15 is 0 Å². The molecule has 2 atom stereocenters. The fourth-order valence-electron chi connectivity index (χ4n) is 3.49. The molecule has 2 saturated heterocycles. The number of amides is 1.